The molecule has 1 aromatic heterocycles. The lowest BCUT2D eigenvalue weighted by Crippen LogP contribution is -2.30. The van der Waals surface area contributed by atoms with Gasteiger partial charge in [-0.25, -0.2) is 4.98 Å². The third-order valence-electron chi connectivity index (χ3n) is 3.92. The van der Waals surface area contributed by atoms with Gasteiger partial charge in [0.1, 0.15) is 5.01 Å². The highest BCUT2D eigenvalue weighted by Crippen LogP contribution is 2.28. The molecule has 2 rings (SSSR count). The van der Waals surface area contributed by atoms with Crippen LogP contribution >= 0.6 is 22.9 Å². The Bertz CT molecular complexity index is 563. The smallest absolute Gasteiger partial charge is 0.123 e. The van der Waals surface area contributed by atoms with Gasteiger partial charge in [0.15, 0.2) is 0 Å². The van der Waals surface area contributed by atoms with Crippen molar-refractivity contribution in [3.8, 4) is 10.6 Å². The Hall–Kier alpha value is -0.900. The standard InChI is InChI=1S/C17H23ClN2S/c1-4-15(5-2)20(3)11-13-8-6-7-9-16(13)17-19-14(10-18)12-21-17/h6-9,12,15H,4-5,10-11H2,1-3H3. The second kappa shape index (κ2) is 7.92. The van der Waals surface area contributed by atoms with Gasteiger partial charge in [-0.2, -0.15) is 0 Å². The summed E-state index contributed by atoms with van der Waals surface area (Å²) in [5.41, 5.74) is 3.53. The Labute approximate surface area is 136 Å². The lowest BCUT2D eigenvalue weighted by molar-refractivity contribution is 0.222. The van der Waals surface area contributed by atoms with Crippen molar-refractivity contribution in [1.82, 2.24) is 9.88 Å². The molecule has 114 valence electrons. The van der Waals surface area contributed by atoms with Crippen molar-refractivity contribution in [2.75, 3.05) is 7.05 Å². The number of thiazole rings is 1. The summed E-state index contributed by atoms with van der Waals surface area (Å²) in [7, 11) is 2.21. The molecule has 0 aliphatic carbocycles. The first-order valence-electron chi connectivity index (χ1n) is 7.48. The maximum absolute atomic E-state index is 5.87. The topological polar surface area (TPSA) is 16.1 Å². The Kier molecular flexibility index (Phi) is 6.22. The highest BCUT2D eigenvalue weighted by atomic mass is 35.5. The van der Waals surface area contributed by atoms with Gasteiger partial charge in [0.2, 0.25) is 0 Å². The van der Waals surface area contributed by atoms with Crippen LogP contribution in [0, 0.1) is 0 Å². The summed E-state index contributed by atoms with van der Waals surface area (Å²) >= 11 is 7.54. The van der Waals surface area contributed by atoms with Gasteiger partial charge in [-0.1, -0.05) is 38.1 Å². The summed E-state index contributed by atoms with van der Waals surface area (Å²) in [5.74, 6) is 0.478. The van der Waals surface area contributed by atoms with Crippen LogP contribution in [0.5, 0.6) is 0 Å². The molecule has 0 radical (unpaired) electrons. The number of aromatic nitrogens is 1. The number of halogens is 1. The van der Waals surface area contributed by atoms with E-state index in [2.05, 4.69) is 55.0 Å². The number of hydrogen-bond acceptors (Lipinski definition) is 3. The zero-order valence-corrected chi connectivity index (χ0v) is 14.5. The van der Waals surface area contributed by atoms with E-state index < -0.39 is 0 Å². The third-order valence-corrected chi connectivity index (χ3v) is 5.12. The fourth-order valence-electron chi connectivity index (χ4n) is 2.67. The van der Waals surface area contributed by atoms with E-state index >= 15 is 0 Å². The fourth-order valence-corrected chi connectivity index (χ4v) is 3.78. The molecule has 0 atom stereocenters. The lowest BCUT2D eigenvalue weighted by Gasteiger charge is -2.26. The van der Waals surface area contributed by atoms with Crippen LogP contribution in [0.25, 0.3) is 10.6 Å². The molecule has 0 amide bonds. The van der Waals surface area contributed by atoms with Crippen LogP contribution < -0.4 is 0 Å². The highest BCUT2D eigenvalue weighted by Gasteiger charge is 2.14. The van der Waals surface area contributed by atoms with Crippen molar-refractivity contribution >= 4 is 22.9 Å². The number of nitrogens with zero attached hydrogens (tertiary/aromatic N) is 2. The van der Waals surface area contributed by atoms with E-state index in [9.17, 15) is 0 Å². The normalized spacial score (nSPS) is 11.5. The van der Waals surface area contributed by atoms with Crippen LogP contribution in [0.15, 0.2) is 29.6 Å². The Morgan fingerprint density at radius 2 is 1.95 bits per heavy atom. The van der Waals surface area contributed by atoms with E-state index in [1.807, 2.05) is 5.38 Å². The SMILES string of the molecule is CCC(CC)N(C)Cc1ccccc1-c1nc(CCl)cs1. The molecule has 0 spiro atoms. The van der Waals surface area contributed by atoms with Crippen molar-refractivity contribution in [2.24, 2.45) is 0 Å². The largest absolute Gasteiger partial charge is 0.299 e. The molecule has 0 saturated carbocycles. The molecule has 2 nitrogen and oxygen atoms in total. The first-order valence-corrected chi connectivity index (χ1v) is 8.89. The molecule has 0 unspecified atom stereocenters. The third kappa shape index (κ3) is 4.06. The monoisotopic (exact) mass is 322 g/mol. The van der Waals surface area contributed by atoms with Crippen molar-refractivity contribution in [3.63, 3.8) is 0 Å². The van der Waals surface area contributed by atoms with Gasteiger partial charge in [0.05, 0.1) is 11.6 Å². The Morgan fingerprint density at radius 1 is 1.24 bits per heavy atom. The van der Waals surface area contributed by atoms with Gasteiger partial charge in [0.25, 0.3) is 0 Å². The summed E-state index contributed by atoms with van der Waals surface area (Å²) in [6, 6.07) is 9.18. The van der Waals surface area contributed by atoms with Gasteiger partial charge < -0.3 is 0 Å². The van der Waals surface area contributed by atoms with Crippen molar-refractivity contribution < 1.29 is 0 Å². The van der Waals surface area contributed by atoms with Crippen molar-refractivity contribution in [1.29, 1.82) is 0 Å². The summed E-state index contributed by atoms with van der Waals surface area (Å²) in [4.78, 5) is 7.06. The first kappa shape index (κ1) is 16.5. The predicted octanol–water partition coefficient (Wildman–Crippen LogP) is 5.17. The summed E-state index contributed by atoms with van der Waals surface area (Å²) in [6.45, 7) is 5.46. The molecule has 0 bridgehead atoms. The minimum Gasteiger partial charge on any atom is -0.299 e. The molecule has 0 N–H and O–H groups in total. The average molecular weight is 323 g/mol. The molecule has 1 heterocycles. The van der Waals surface area contributed by atoms with Gasteiger partial charge >= 0.3 is 0 Å². The predicted molar refractivity (Wildman–Crippen MR) is 92.9 cm³/mol. The molecular formula is C17H23ClN2S. The zero-order valence-electron chi connectivity index (χ0n) is 13.0. The van der Waals surface area contributed by atoms with Gasteiger partial charge in [-0.3, -0.25) is 4.90 Å². The lowest BCUT2D eigenvalue weighted by atomic mass is 10.1. The minimum absolute atomic E-state index is 0.478. The van der Waals surface area contributed by atoms with Crippen LogP contribution in [-0.4, -0.2) is 23.0 Å². The molecule has 21 heavy (non-hydrogen) atoms. The highest BCUT2D eigenvalue weighted by molar-refractivity contribution is 7.13. The fraction of sp³-hybridized carbons (Fsp3) is 0.471. The number of hydrogen-bond donors (Lipinski definition) is 0. The summed E-state index contributed by atoms with van der Waals surface area (Å²) < 4.78 is 0. The maximum Gasteiger partial charge on any atom is 0.123 e. The van der Waals surface area contributed by atoms with Crippen LogP contribution in [0.1, 0.15) is 37.9 Å². The van der Waals surface area contributed by atoms with Gasteiger partial charge in [0, 0.05) is 23.5 Å². The Balaban J connectivity index is 2.24. The molecule has 0 aliphatic heterocycles. The number of benzene rings is 1. The molecule has 0 fully saturated rings. The number of alkyl halides is 1. The zero-order chi connectivity index (χ0) is 15.2. The molecule has 0 saturated heterocycles. The Morgan fingerprint density at radius 3 is 2.57 bits per heavy atom. The minimum atomic E-state index is 0.478. The second-order valence-electron chi connectivity index (χ2n) is 5.32. The quantitative estimate of drug-likeness (QED) is 0.654. The van der Waals surface area contributed by atoms with Gasteiger partial charge in [-0.15, -0.1) is 22.9 Å². The van der Waals surface area contributed by atoms with Crippen LogP contribution in [0.3, 0.4) is 0 Å². The molecule has 1 aromatic carbocycles. The first-order chi connectivity index (χ1) is 10.2. The second-order valence-corrected chi connectivity index (χ2v) is 6.45. The van der Waals surface area contributed by atoms with E-state index in [-0.39, 0.29) is 0 Å². The maximum atomic E-state index is 5.87. The van der Waals surface area contributed by atoms with Crippen molar-refractivity contribution in [3.05, 3.63) is 40.9 Å². The molecule has 0 aliphatic rings. The van der Waals surface area contributed by atoms with Crippen molar-refractivity contribution in [2.45, 2.75) is 45.2 Å². The van der Waals surface area contributed by atoms with E-state index in [0.717, 1.165) is 17.2 Å². The van der Waals surface area contributed by atoms with E-state index in [1.165, 1.54) is 24.0 Å². The van der Waals surface area contributed by atoms with E-state index in [4.69, 9.17) is 11.6 Å². The molecular weight excluding hydrogens is 300 g/mol. The molecule has 2 aromatic rings. The van der Waals surface area contributed by atoms with E-state index in [0.29, 0.717) is 11.9 Å². The van der Waals surface area contributed by atoms with Crippen LogP contribution in [0.4, 0.5) is 0 Å². The average Bonchev–Trinajstić information content (AvgIpc) is 2.98. The van der Waals surface area contributed by atoms with Crippen LogP contribution in [0.2, 0.25) is 0 Å². The molecule has 4 heteroatoms. The van der Waals surface area contributed by atoms with Gasteiger partial charge in [-0.05, 0) is 25.5 Å². The summed E-state index contributed by atoms with van der Waals surface area (Å²) in [6.07, 6.45) is 2.37. The van der Waals surface area contributed by atoms with E-state index in [1.54, 1.807) is 11.3 Å². The number of rotatable bonds is 7. The van der Waals surface area contributed by atoms with Crippen LogP contribution in [-0.2, 0) is 12.4 Å². The summed E-state index contributed by atoms with van der Waals surface area (Å²) in [5, 5.41) is 3.11.